The molecule has 0 radical (unpaired) electrons. The number of ether oxygens (including phenoxy) is 1. The van der Waals surface area contributed by atoms with Crippen molar-refractivity contribution >= 4 is 15.9 Å². The van der Waals surface area contributed by atoms with Gasteiger partial charge in [-0.1, -0.05) is 30.3 Å². The van der Waals surface area contributed by atoms with Crippen LogP contribution in [0.3, 0.4) is 0 Å². The zero-order valence-electron chi connectivity index (χ0n) is 7.53. The Balaban J connectivity index is 2.51. The molecule has 0 unspecified atom stereocenters. The second kappa shape index (κ2) is 3.84. The lowest BCUT2D eigenvalue weighted by atomic mass is 10.2. The molecule has 0 bridgehead atoms. The van der Waals surface area contributed by atoms with E-state index in [9.17, 15) is 0 Å². The summed E-state index contributed by atoms with van der Waals surface area (Å²) in [5.41, 5.74) is 1.68. The first-order valence-electron chi connectivity index (χ1n) is 4.07. The van der Waals surface area contributed by atoms with Crippen LogP contribution in [-0.2, 0) is 0 Å². The summed E-state index contributed by atoms with van der Waals surface area (Å²) in [6.07, 6.45) is 0. The Morgan fingerprint density at radius 2 is 2.00 bits per heavy atom. The van der Waals surface area contributed by atoms with E-state index < -0.39 is 0 Å². The molecule has 1 aromatic heterocycles. The van der Waals surface area contributed by atoms with Gasteiger partial charge in [0.05, 0.1) is 7.11 Å². The van der Waals surface area contributed by atoms with Gasteiger partial charge in [0.15, 0.2) is 5.69 Å². The van der Waals surface area contributed by atoms with Crippen molar-refractivity contribution in [2.75, 3.05) is 7.11 Å². The summed E-state index contributed by atoms with van der Waals surface area (Å²) in [5, 5.41) is 0. The van der Waals surface area contributed by atoms with Gasteiger partial charge in [0, 0.05) is 21.5 Å². The fraction of sp³-hybridized carbons (Fsp3) is 0.100. The van der Waals surface area contributed by atoms with E-state index in [-0.39, 0.29) is 0 Å². The number of oxazole rings is 1. The molecule has 0 aliphatic heterocycles. The highest BCUT2D eigenvalue weighted by molar-refractivity contribution is 9.10. The number of nitrogens with zero attached hydrogens (tertiary/aromatic N) is 1. The summed E-state index contributed by atoms with van der Waals surface area (Å²) >= 11 is 3.16. The average molecular weight is 254 g/mol. The molecule has 72 valence electrons. The summed E-state index contributed by atoms with van der Waals surface area (Å²) in [6.45, 7) is 0. The first kappa shape index (κ1) is 9.27. The minimum atomic E-state index is 0.420. The molecule has 0 N–H and O–H groups in total. The highest BCUT2D eigenvalue weighted by atomic mass is 79.9. The van der Waals surface area contributed by atoms with Crippen LogP contribution in [0, 0.1) is 0 Å². The van der Waals surface area contributed by atoms with Crippen molar-refractivity contribution in [1.29, 1.82) is 0 Å². The summed E-state index contributed by atoms with van der Waals surface area (Å²) in [7, 11) is 1.55. The summed E-state index contributed by atoms with van der Waals surface area (Å²) < 4.78 is 10.3. The van der Waals surface area contributed by atoms with E-state index >= 15 is 0 Å². The second-order valence-corrected chi connectivity index (χ2v) is 3.35. The molecule has 0 fully saturated rings. The third kappa shape index (κ3) is 1.65. The number of methoxy groups -OCH3 is 1. The number of halogens is 1. The summed E-state index contributed by atoms with van der Waals surface area (Å²) in [4.78, 5) is 4.60. The molecule has 0 spiro atoms. The highest BCUT2D eigenvalue weighted by Gasteiger charge is 2.13. The zero-order valence-corrected chi connectivity index (χ0v) is 9.11. The quantitative estimate of drug-likeness (QED) is 0.825. The van der Waals surface area contributed by atoms with Crippen molar-refractivity contribution in [3.8, 4) is 17.2 Å². The molecule has 0 saturated carbocycles. The van der Waals surface area contributed by atoms with Gasteiger partial charge in [-0.2, -0.15) is 4.98 Å². The van der Waals surface area contributed by atoms with Gasteiger partial charge in [0.2, 0.25) is 0 Å². The number of benzene rings is 1. The zero-order chi connectivity index (χ0) is 9.97. The Bertz CT molecular complexity index is 425. The molecule has 2 rings (SSSR count). The van der Waals surface area contributed by atoms with Crippen molar-refractivity contribution in [3.63, 3.8) is 0 Å². The molecule has 1 aromatic carbocycles. The first-order chi connectivity index (χ1) is 6.81. The summed E-state index contributed by atoms with van der Waals surface area (Å²) in [6, 6.07) is 9.74. The molecular weight excluding hydrogens is 246 g/mol. The molecular formula is C10H8BrNO2. The van der Waals surface area contributed by atoms with Crippen LogP contribution in [0.25, 0.3) is 11.3 Å². The van der Waals surface area contributed by atoms with Crippen LogP contribution in [0.15, 0.2) is 39.5 Å². The number of aromatic nitrogens is 1. The van der Waals surface area contributed by atoms with Gasteiger partial charge >= 0.3 is 5.95 Å². The monoisotopic (exact) mass is 253 g/mol. The lowest BCUT2D eigenvalue weighted by Gasteiger charge is -1.97. The normalized spacial score (nSPS) is 10.1. The third-order valence-corrected chi connectivity index (χ3v) is 2.14. The minimum absolute atomic E-state index is 0.420. The van der Waals surface area contributed by atoms with Crippen molar-refractivity contribution < 1.29 is 9.15 Å². The molecule has 0 aliphatic carbocycles. The summed E-state index contributed by atoms with van der Waals surface area (Å²) in [5.74, 6) is 0.420. The maximum absolute atomic E-state index is 5.20. The molecule has 3 nitrogen and oxygen atoms in total. The predicted octanol–water partition coefficient (Wildman–Crippen LogP) is 3.11. The molecule has 1 heterocycles. The molecule has 14 heavy (non-hydrogen) atoms. The van der Waals surface area contributed by atoms with Crippen LogP contribution in [-0.4, -0.2) is 12.1 Å². The van der Waals surface area contributed by atoms with E-state index in [1.54, 1.807) is 7.11 Å². The lowest BCUT2D eigenvalue weighted by Crippen LogP contribution is -1.84. The molecule has 0 atom stereocenters. The van der Waals surface area contributed by atoms with Crippen molar-refractivity contribution in [2.24, 2.45) is 0 Å². The average Bonchev–Trinajstić information content (AvgIpc) is 2.61. The molecule has 0 saturated heterocycles. The Morgan fingerprint density at radius 3 is 2.64 bits per heavy atom. The van der Waals surface area contributed by atoms with E-state index in [0.29, 0.717) is 16.4 Å². The number of hydrogen-bond donors (Lipinski definition) is 0. The first-order valence-corrected chi connectivity index (χ1v) is 4.86. The van der Waals surface area contributed by atoms with Crippen molar-refractivity contribution in [3.05, 3.63) is 35.1 Å². The van der Waals surface area contributed by atoms with E-state index in [0.717, 1.165) is 5.56 Å². The predicted molar refractivity (Wildman–Crippen MR) is 56.2 cm³/mol. The topological polar surface area (TPSA) is 35.3 Å². The van der Waals surface area contributed by atoms with Gasteiger partial charge in [-0.05, 0) is 0 Å². The number of rotatable bonds is 2. The smallest absolute Gasteiger partial charge is 0.314 e. The molecule has 4 heteroatoms. The van der Waals surface area contributed by atoms with Gasteiger partial charge in [-0.3, -0.25) is 0 Å². The highest BCUT2D eigenvalue weighted by Crippen LogP contribution is 2.31. The van der Waals surface area contributed by atoms with Crippen LogP contribution >= 0.6 is 15.9 Å². The fourth-order valence-corrected chi connectivity index (χ4v) is 1.52. The number of hydrogen-bond acceptors (Lipinski definition) is 3. The van der Waals surface area contributed by atoms with Crippen LogP contribution in [0.2, 0.25) is 0 Å². The Labute approximate surface area is 89.8 Å². The second-order valence-electron chi connectivity index (χ2n) is 2.67. The Morgan fingerprint density at radius 1 is 1.29 bits per heavy atom. The van der Waals surface area contributed by atoms with Gasteiger partial charge in [0.25, 0.3) is 4.80 Å². The van der Waals surface area contributed by atoms with Gasteiger partial charge in [-0.15, -0.1) is 0 Å². The van der Waals surface area contributed by atoms with Crippen LogP contribution in [0.5, 0.6) is 5.95 Å². The largest absolute Gasteiger partial charge is 0.467 e. The van der Waals surface area contributed by atoms with Crippen molar-refractivity contribution in [1.82, 2.24) is 4.98 Å². The SMILES string of the molecule is COc1oc(Br)nc1-c1ccccc1. The van der Waals surface area contributed by atoms with Gasteiger partial charge in [-0.25, -0.2) is 0 Å². The van der Waals surface area contributed by atoms with Crippen LogP contribution in [0.4, 0.5) is 0 Å². The van der Waals surface area contributed by atoms with Crippen LogP contribution < -0.4 is 4.74 Å². The third-order valence-electron chi connectivity index (χ3n) is 1.80. The molecule has 0 aliphatic rings. The molecule has 2 aromatic rings. The molecule has 0 amide bonds. The maximum atomic E-state index is 5.20. The van der Waals surface area contributed by atoms with Crippen molar-refractivity contribution in [2.45, 2.75) is 0 Å². The van der Waals surface area contributed by atoms with Gasteiger partial charge in [0.1, 0.15) is 0 Å². The van der Waals surface area contributed by atoms with E-state index in [1.807, 2.05) is 30.3 Å². The van der Waals surface area contributed by atoms with E-state index in [2.05, 4.69) is 20.9 Å². The maximum Gasteiger partial charge on any atom is 0.314 e. The van der Waals surface area contributed by atoms with E-state index in [1.165, 1.54) is 0 Å². The fourth-order valence-electron chi connectivity index (χ4n) is 1.20. The Kier molecular flexibility index (Phi) is 2.54. The van der Waals surface area contributed by atoms with Crippen LogP contribution in [0.1, 0.15) is 0 Å². The van der Waals surface area contributed by atoms with E-state index in [4.69, 9.17) is 9.15 Å². The van der Waals surface area contributed by atoms with Gasteiger partial charge < -0.3 is 9.15 Å². The minimum Gasteiger partial charge on any atom is -0.467 e. The standard InChI is InChI=1S/C10H8BrNO2/c1-13-9-8(12-10(11)14-9)7-5-3-2-4-6-7/h2-6H,1H3. The Hall–Kier alpha value is -1.29. The lowest BCUT2D eigenvalue weighted by molar-refractivity contribution is 0.299.